The van der Waals surface area contributed by atoms with Crippen molar-refractivity contribution in [3.05, 3.63) is 41.9 Å². The summed E-state index contributed by atoms with van der Waals surface area (Å²) in [7, 11) is 0. The second-order valence-corrected chi connectivity index (χ2v) is 4.66. The van der Waals surface area contributed by atoms with E-state index in [0.29, 0.717) is 11.4 Å². The van der Waals surface area contributed by atoms with Crippen LogP contribution in [0.2, 0.25) is 0 Å². The smallest absolute Gasteiger partial charge is 0.251 e. The number of nitrogens with one attached hydrogen (secondary N) is 1. The number of nitrogens with zero attached hydrogens (tertiary/aromatic N) is 3. The Labute approximate surface area is 118 Å². The Morgan fingerprint density at radius 1 is 1.55 bits per heavy atom. The van der Waals surface area contributed by atoms with E-state index in [2.05, 4.69) is 29.2 Å². The standard InChI is InChI=1S/C14H19N5O/c1-3-5-16-10(2)11-4-6-17-13(7-11)19-9-12(8-18-19)14(15)20/h4,6-10,16H,3,5H2,1-2H3,(H2,15,20). The molecule has 0 spiro atoms. The third-order valence-electron chi connectivity index (χ3n) is 3.07. The highest BCUT2D eigenvalue weighted by Gasteiger charge is 2.09. The number of carbonyl (C=O) groups is 1. The average Bonchev–Trinajstić information content (AvgIpc) is 2.95. The van der Waals surface area contributed by atoms with Gasteiger partial charge in [-0.25, -0.2) is 9.67 Å². The van der Waals surface area contributed by atoms with Crippen molar-refractivity contribution in [3.63, 3.8) is 0 Å². The number of aromatic nitrogens is 3. The number of amides is 1. The van der Waals surface area contributed by atoms with Gasteiger partial charge in [0, 0.05) is 18.4 Å². The Hall–Kier alpha value is -2.21. The predicted octanol–water partition coefficient (Wildman–Crippen LogP) is 1.43. The highest BCUT2D eigenvalue weighted by Crippen LogP contribution is 2.15. The second-order valence-electron chi connectivity index (χ2n) is 4.66. The molecule has 1 unspecified atom stereocenters. The molecule has 106 valence electrons. The topological polar surface area (TPSA) is 85.8 Å². The van der Waals surface area contributed by atoms with Crippen molar-refractivity contribution in [2.45, 2.75) is 26.3 Å². The fraction of sp³-hybridized carbons (Fsp3) is 0.357. The van der Waals surface area contributed by atoms with Crippen LogP contribution in [0.1, 0.15) is 42.2 Å². The minimum Gasteiger partial charge on any atom is -0.366 e. The van der Waals surface area contributed by atoms with Crippen LogP contribution in [0.25, 0.3) is 5.82 Å². The summed E-state index contributed by atoms with van der Waals surface area (Å²) in [6.45, 7) is 5.20. The highest BCUT2D eigenvalue weighted by atomic mass is 16.1. The van der Waals surface area contributed by atoms with Gasteiger partial charge in [0.15, 0.2) is 5.82 Å². The third-order valence-corrected chi connectivity index (χ3v) is 3.07. The van der Waals surface area contributed by atoms with Crippen molar-refractivity contribution in [1.82, 2.24) is 20.1 Å². The minimum atomic E-state index is -0.495. The lowest BCUT2D eigenvalue weighted by Gasteiger charge is -2.14. The molecule has 0 fully saturated rings. The first kappa shape index (κ1) is 14.2. The zero-order chi connectivity index (χ0) is 14.5. The number of primary amides is 1. The van der Waals surface area contributed by atoms with Gasteiger partial charge < -0.3 is 11.1 Å². The quantitative estimate of drug-likeness (QED) is 0.833. The van der Waals surface area contributed by atoms with Gasteiger partial charge in [0.05, 0.1) is 11.8 Å². The Bertz CT molecular complexity index is 593. The first-order chi connectivity index (χ1) is 9.61. The fourth-order valence-corrected chi connectivity index (χ4v) is 1.88. The molecule has 1 amide bonds. The monoisotopic (exact) mass is 273 g/mol. The molecule has 20 heavy (non-hydrogen) atoms. The van der Waals surface area contributed by atoms with Gasteiger partial charge in [-0.05, 0) is 37.6 Å². The molecular weight excluding hydrogens is 254 g/mol. The molecule has 0 aromatic carbocycles. The third kappa shape index (κ3) is 3.21. The minimum absolute atomic E-state index is 0.239. The highest BCUT2D eigenvalue weighted by molar-refractivity contribution is 5.92. The molecule has 2 rings (SSSR count). The van der Waals surface area contributed by atoms with Crippen molar-refractivity contribution in [2.24, 2.45) is 5.73 Å². The van der Waals surface area contributed by atoms with Crippen molar-refractivity contribution in [3.8, 4) is 5.82 Å². The van der Waals surface area contributed by atoms with Gasteiger partial charge in [0.2, 0.25) is 0 Å². The van der Waals surface area contributed by atoms with Crippen molar-refractivity contribution in [2.75, 3.05) is 6.54 Å². The van der Waals surface area contributed by atoms with Gasteiger partial charge >= 0.3 is 0 Å². The van der Waals surface area contributed by atoms with Gasteiger partial charge in [-0.1, -0.05) is 6.92 Å². The van der Waals surface area contributed by atoms with Gasteiger partial charge in [0.1, 0.15) is 0 Å². The Morgan fingerprint density at radius 2 is 2.35 bits per heavy atom. The van der Waals surface area contributed by atoms with E-state index in [1.54, 1.807) is 17.1 Å². The van der Waals surface area contributed by atoms with E-state index in [1.807, 2.05) is 12.1 Å². The van der Waals surface area contributed by atoms with Crippen LogP contribution in [-0.2, 0) is 0 Å². The van der Waals surface area contributed by atoms with E-state index in [1.165, 1.54) is 6.20 Å². The Kier molecular flexibility index (Phi) is 4.47. The molecule has 6 heteroatoms. The first-order valence-electron chi connectivity index (χ1n) is 6.66. The van der Waals surface area contributed by atoms with Crippen LogP contribution in [0.4, 0.5) is 0 Å². The van der Waals surface area contributed by atoms with Crippen LogP contribution < -0.4 is 11.1 Å². The Balaban J connectivity index is 2.22. The van der Waals surface area contributed by atoms with Gasteiger partial charge in [-0.3, -0.25) is 4.79 Å². The summed E-state index contributed by atoms with van der Waals surface area (Å²) in [5.74, 6) is 0.172. The van der Waals surface area contributed by atoms with Crippen LogP contribution in [0.5, 0.6) is 0 Å². The van der Waals surface area contributed by atoms with Crippen LogP contribution in [0.3, 0.4) is 0 Å². The lowest BCUT2D eigenvalue weighted by atomic mass is 10.1. The van der Waals surface area contributed by atoms with E-state index in [4.69, 9.17) is 5.73 Å². The molecule has 0 bridgehead atoms. The molecule has 6 nitrogen and oxygen atoms in total. The average molecular weight is 273 g/mol. The van der Waals surface area contributed by atoms with Crippen molar-refractivity contribution in [1.29, 1.82) is 0 Å². The zero-order valence-corrected chi connectivity index (χ0v) is 11.7. The van der Waals surface area contributed by atoms with E-state index in [9.17, 15) is 4.79 Å². The van der Waals surface area contributed by atoms with Gasteiger partial charge in [0.25, 0.3) is 5.91 Å². The van der Waals surface area contributed by atoms with Crippen LogP contribution in [-0.4, -0.2) is 27.2 Å². The van der Waals surface area contributed by atoms with Crippen LogP contribution in [0.15, 0.2) is 30.7 Å². The molecule has 2 aromatic heterocycles. The predicted molar refractivity (Wildman–Crippen MR) is 76.6 cm³/mol. The fourth-order valence-electron chi connectivity index (χ4n) is 1.88. The molecule has 0 radical (unpaired) electrons. The summed E-state index contributed by atoms with van der Waals surface area (Å²) in [6, 6.07) is 4.16. The number of rotatable bonds is 6. The molecule has 2 aromatic rings. The molecule has 0 aliphatic carbocycles. The number of hydrogen-bond acceptors (Lipinski definition) is 4. The zero-order valence-electron chi connectivity index (χ0n) is 11.7. The summed E-state index contributed by atoms with van der Waals surface area (Å²) >= 11 is 0. The number of hydrogen-bond donors (Lipinski definition) is 2. The molecule has 2 heterocycles. The van der Waals surface area contributed by atoms with E-state index >= 15 is 0 Å². The number of carbonyl (C=O) groups excluding carboxylic acids is 1. The molecule has 3 N–H and O–H groups in total. The lowest BCUT2D eigenvalue weighted by molar-refractivity contribution is 0.100. The van der Waals surface area contributed by atoms with E-state index < -0.39 is 5.91 Å². The maximum atomic E-state index is 11.1. The molecule has 0 saturated carbocycles. The summed E-state index contributed by atoms with van der Waals surface area (Å²) < 4.78 is 1.55. The maximum Gasteiger partial charge on any atom is 0.251 e. The number of nitrogens with two attached hydrogens (primary N) is 1. The summed E-state index contributed by atoms with van der Waals surface area (Å²) in [4.78, 5) is 15.3. The second kappa shape index (κ2) is 6.29. The molecular formula is C14H19N5O. The van der Waals surface area contributed by atoms with Gasteiger partial charge in [-0.2, -0.15) is 5.10 Å². The molecule has 0 aliphatic heterocycles. The Morgan fingerprint density at radius 3 is 3.00 bits per heavy atom. The largest absolute Gasteiger partial charge is 0.366 e. The van der Waals surface area contributed by atoms with Crippen LogP contribution in [0, 0.1) is 0 Å². The van der Waals surface area contributed by atoms with E-state index in [-0.39, 0.29) is 6.04 Å². The van der Waals surface area contributed by atoms with E-state index in [0.717, 1.165) is 18.5 Å². The van der Waals surface area contributed by atoms with Crippen molar-refractivity contribution >= 4 is 5.91 Å². The lowest BCUT2D eigenvalue weighted by Crippen LogP contribution is -2.19. The molecule has 1 atom stereocenters. The summed E-state index contributed by atoms with van der Waals surface area (Å²) in [6.07, 6.45) is 5.85. The number of pyridine rings is 1. The summed E-state index contributed by atoms with van der Waals surface area (Å²) in [5.41, 5.74) is 6.71. The van der Waals surface area contributed by atoms with Crippen LogP contribution >= 0.6 is 0 Å². The molecule has 0 aliphatic rings. The SMILES string of the molecule is CCCNC(C)c1ccnc(-n2cc(C(N)=O)cn2)c1. The van der Waals surface area contributed by atoms with Crippen molar-refractivity contribution < 1.29 is 4.79 Å². The normalized spacial score (nSPS) is 12.3. The first-order valence-corrected chi connectivity index (χ1v) is 6.66. The van der Waals surface area contributed by atoms with Gasteiger partial charge in [-0.15, -0.1) is 0 Å². The molecule has 0 saturated heterocycles. The summed E-state index contributed by atoms with van der Waals surface area (Å²) in [5, 5.41) is 7.52. The maximum absolute atomic E-state index is 11.1.